The third-order valence-electron chi connectivity index (χ3n) is 9.00. The molecule has 6 rings (SSSR count). The first-order valence-electron chi connectivity index (χ1n) is 13.9. The van der Waals surface area contributed by atoms with Crippen LogP contribution < -0.4 is 10.6 Å². The monoisotopic (exact) mass is 562 g/mol. The Balaban J connectivity index is 1.33. The van der Waals surface area contributed by atoms with Crippen LogP contribution in [-0.2, 0) is 21.1 Å². The van der Waals surface area contributed by atoms with E-state index in [1.165, 1.54) is 0 Å². The Hall–Kier alpha value is -3.44. The van der Waals surface area contributed by atoms with E-state index in [0.717, 1.165) is 23.9 Å². The van der Waals surface area contributed by atoms with Gasteiger partial charge in [-0.25, -0.2) is 4.68 Å². The van der Waals surface area contributed by atoms with Gasteiger partial charge in [-0.15, -0.1) is 16.9 Å². The number of para-hydroxylation sites is 2. The van der Waals surface area contributed by atoms with Gasteiger partial charge < -0.3 is 20.6 Å². The highest BCUT2D eigenvalue weighted by Gasteiger charge is 2.74. The Morgan fingerprint density at radius 1 is 1.15 bits per heavy atom. The van der Waals surface area contributed by atoms with Crippen molar-refractivity contribution in [2.24, 2.45) is 17.8 Å². The van der Waals surface area contributed by atoms with Gasteiger partial charge in [0.1, 0.15) is 18.2 Å². The first-order valence-corrected chi connectivity index (χ1v) is 14.8. The maximum atomic E-state index is 14.3. The average molecular weight is 563 g/mol. The van der Waals surface area contributed by atoms with E-state index in [4.69, 9.17) is 0 Å². The molecule has 0 aliphatic carbocycles. The standard InChI is InChI=1S/C29H34N6O4S/c1-3-17(2)21(15-36)35-25(27(38)30-16-34-20-12-8-7-11-19(20)32-33-34)29-14-13-22(40-29)23(24(29)28(35)39)26(37)31-18-9-5-4-6-10-18/h4-12,17,21-25,36H,3,13-16H2,1-2H3,(H,30,38)(H,31,37)/t17-,21-,22-,23+,24-,25?,29?/m0/s1. The number of nitrogens with zero attached hydrogens (tertiary/aromatic N) is 4. The van der Waals surface area contributed by atoms with E-state index in [2.05, 4.69) is 20.9 Å². The van der Waals surface area contributed by atoms with E-state index in [-0.39, 0.29) is 42.2 Å². The van der Waals surface area contributed by atoms with E-state index >= 15 is 0 Å². The topological polar surface area (TPSA) is 129 Å². The molecule has 2 aromatic carbocycles. The molecule has 2 bridgehead atoms. The fourth-order valence-corrected chi connectivity index (χ4v) is 9.10. The number of hydrogen-bond donors (Lipinski definition) is 3. The number of likely N-dealkylation sites (tertiary alicyclic amines) is 1. The number of thioether (sulfide) groups is 1. The van der Waals surface area contributed by atoms with Crippen LogP contribution in [0.1, 0.15) is 33.1 Å². The lowest BCUT2D eigenvalue weighted by Crippen LogP contribution is -2.58. The zero-order chi connectivity index (χ0) is 28.0. The van der Waals surface area contributed by atoms with E-state index in [1.807, 2.05) is 68.4 Å². The highest BCUT2D eigenvalue weighted by Crippen LogP contribution is 2.66. The summed E-state index contributed by atoms with van der Waals surface area (Å²) in [5, 5.41) is 24.8. The molecular formula is C29H34N6O4S. The fourth-order valence-electron chi connectivity index (χ4n) is 6.89. The van der Waals surface area contributed by atoms with Crippen LogP contribution in [0, 0.1) is 17.8 Å². The summed E-state index contributed by atoms with van der Waals surface area (Å²) >= 11 is 1.61. The van der Waals surface area contributed by atoms with Gasteiger partial charge in [0.2, 0.25) is 17.7 Å². The van der Waals surface area contributed by atoms with Crippen molar-refractivity contribution in [2.75, 3.05) is 11.9 Å². The van der Waals surface area contributed by atoms with Gasteiger partial charge >= 0.3 is 0 Å². The highest BCUT2D eigenvalue weighted by atomic mass is 32.2. The smallest absolute Gasteiger partial charge is 0.245 e. The Bertz CT molecular complexity index is 1430. The van der Waals surface area contributed by atoms with E-state index in [9.17, 15) is 19.5 Å². The normalized spacial score (nSPS) is 28.5. The number of aliphatic hydroxyl groups is 1. The van der Waals surface area contributed by atoms with Crippen LogP contribution in [0.3, 0.4) is 0 Å². The molecule has 3 aliphatic rings. The molecule has 4 heterocycles. The number of carbonyl (C=O) groups excluding carboxylic acids is 3. The van der Waals surface area contributed by atoms with E-state index in [1.54, 1.807) is 21.3 Å². The minimum atomic E-state index is -0.810. The van der Waals surface area contributed by atoms with Crippen LogP contribution in [-0.4, -0.2) is 71.4 Å². The molecule has 2 unspecified atom stereocenters. The summed E-state index contributed by atoms with van der Waals surface area (Å²) in [6.45, 7) is 3.84. The Morgan fingerprint density at radius 3 is 2.65 bits per heavy atom. The molecule has 1 aromatic heterocycles. The number of fused-ring (bicyclic) bond motifs is 2. The zero-order valence-corrected chi connectivity index (χ0v) is 23.4. The van der Waals surface area contributed by atoms with Gasteiger partial charge in [0.05, 0.1) is 34.7 Å². The largest absolute Gasteiger partial charge is 0.394 e. The highest BCUT2D eigenvalue weighted by molar-refractivity contribution is 8.02. The van der Waals surface area contributed by atoms with Crippen LogP contribution >= 0.6 is 11.8 Å². The molecule has 40 heavy (non-hydrogen) atoms. The third kappa shape index (κ3) is 4.17. The number of nitrogens with one attached hydrogen (secondary N) is 2. The molecular weight excluding hydrogens is 528 g/mol. The minimum Gasteiger partial charge on any atom is -0.394 e. The lowest BCUT2D eigenvalue weighted by molar-refractivity contribution is -0.143. The quantitative estimate of drug-likeness (QED) is 0.366. The molecule has 1 spiro atoms. The van der Waals surface area contributed by atoms with Crippen molar-refractivity contribution in [3.05, 3.63) is 54.6 Å². The Kier molecular flexibility index (Phi) is 7.03. The first-order chi connectivity index (χ1) is 19.4. The molecule has 3 saturated heterocycles. The molecule has 0 saturated carbocycles. The zero-order valence-electron chi connectivity index (χ0n) is 22.6. The average Bonchev–Trinajstić information content (AvgIpc) is 3.72. The van der Waals surface area contributed by atoms with Gasteiger partial charge in [-0.2, -0.15) is 0 Å². The summed E-state index contributed by atoms with van der Waals surface area (Å²) in [7, 11) is 0. The summed E-state index contributed by atoms with van der Waals surface area (Å²) in [5.41, 5.74) is 2.20. The molecule has 7 atom stereocenters. The van der Waals surface area contributed by atoms with Gasteiger partial charge in [0.25, 0.3) is 0 Å². The lowest BCUT2D eigenvalue weighted by atomic mass is 9.70. The number of carbonyl (C=O) groups is 3. The molecule has 3 aromatic rings. The minimum absolute atomic E-state index is 0.0301. The maximum Gasteiger partial charge on any atom is 0.245 e. The fraction of sp³-hybridized carbons (Fsp3) is 0.483. The molecule has 11 heteroatoms. The predicted molar refractivity (Wildman–Crippen MR) is 152 cm³/mol. The second kappa shape index (κ2) is 10.5. The number of hydrogen-bond acceptors (Lipinski definition) is 7. The SMILES string of the molecule is CC[C@H](C)[C@H](CO)N1C(=O)[C@@H]2[C@H](C(=O)Nc3ccccc3)[C@@H]3CCC2(S3)C1C(=O)NCn1nnc2ccccc21. The van der Waals surface area contributed by atoms with E-state index < -0.39 is 28.7 Å². The van der Waals surface area contributed by atoms with Gasteiger partial charge in [-0.3, -0.25) is 14.4 Å². The van der Waals surface area contributed by atoms with Crippen molar-refractivity contribution >= 4 is 46.2 Å². The molecule has 3 N–H and O–H groups in total. The van der Waals surface area contributed by atoms with Gasteiger partial charge in [0, 0.05) is 10.9 Å². The number of rotatable bonds is 9. The molecule has 3 fully saturated rings. The second-order valence-corrected chi connectivity index (χ2v) is 12.7. The Morgan fingerprint density at radius 2 is 1.90 bits per heavy atom. The van der Waals surface area contributed by atoms with Crippen LogP contribution in [0.4, 0.5) is 5.69 Å². The number of aromatic nitrogens is 3. The number of aliphatic hydroxyl groups excluding tert-OH is 1. The first kappa shape index (κ1) is 26.8. The van der Waals surface area contributed by atoms with Crippen LogP contribution in [0.2, 0.25) is 0 Å². The van der Waals surface area contributed by atoms with Crippen molar-refractivity contribution in [1.82, 2.24) is 25.2 Å². The summed E-state index contributed by atoms with van der Waals surface area (Å²) in [6.07, 6.45) is 2.15. The summed E-state index contributed by atoms with van der Waals surface area (Å²) in [4.78, 5) is 43.7. The molecule has 3 amide bonds. The lowest BCUT2D eigenvalue weighted by Gasteiger charge is -2.39. The van der Waals surface area contributed by atoms with Gasteiger partial charge in [-0.1, -0.05) is 55.8 Å². The van der Waals surface area contributed by atoms with Crippen molar-refractivity contribution in [3.8, 4) is 0 Å². The van der Waals surface area contributed by atoms with Crippen molar-refractivity contribution < 1.29 is 19.5 Å². The molecule has 210 valence electrons. The summed E-state index contributed by atoms with van der Waals surface area (Å²) < 4.78 is 0.882. The van der Waals surface area contributed by atoms with Crippen LogP contribution in [0.15, 0.2) is 54.6 Å². The Labute approximate surface area is 236 Å². The van der Waals surface area contributed by atoms with Crippen LogP contribution in [0.5, 0.6) is 0 Å². The number of anilines is 1. The number of benzene rings is 2. The van der Waals surface area contributed by atoms with Gasteiger partial charge in [-0.05, 0) is 43.0 Å². The second-order valence-electron chi connectivity index (χ2n) is 11.1. The third-order valence-corrected chi connectivity index (χ3v) is 11.0. The summed E-state index contributed by atoms with van der Waals surface area (Å²) in [6, 6.07) is 15.4. The number of amides is 3. The molecule has 0 radical (unpaired) electrons. The van der Waals surface area contributed by atoms with Crippen molar-refractivity contribution in [1.29, 1.82) is 0 Å². The van der Waals surface area contributed by atoms with Crippen molar-refractivity contribution in [2.45, 2.75) is 61.9 Å². The maximum absolute atomic E-state index is 14.3. The molecule has 3 aliphatic heterocycles. The predicted octanol–water partition coefficient (Wildman–Crippen LogP) is 2.64. The van der Waals surface area contributed by atoms with Gasteiger partial charge in [0.15, 0.2) is 0 Å². The van der Waals surface area contributed by atoms with Crippen LogP contribution in [0.25, 0.3) is 11.0 Å². The van der Waals surface area contributed by atoms with E-state index in [0.29, 0.717) is 12.1 Å². The summed E-state index contributed by atoms with van der Waals surface area (Å²) in [5.74, 6) is -1.92. The van der Waals surface area contributed by atoms with Crippen molar-refractivity contribution in [3.63, 3.8) is 0 Å². The molecule has 10 nitrogen and oxygen atoms in total.